The molecule has 2 heterocycles. The van der Waals surface area contributed by atoms with Crippen LogP contribution in [0.3, 0.4) is 0 Å². The first-order valence-corrected chi connectivity index (χ1v) is 8.65. The third kappa shape index (κ3) is 4.01. The number of hydrogen-bond acceptors (Lipinski definition) is 4. The molecule has 1 aromatic rings. The molecule has 1 aliphatic carbocycles. The van der Waals surface area contributed by atoms with Crippen LogP contribution in [0.4, 0.5) is 5.82 Å². The molecule has 1 aromatic heterocycles. The second kappa shape index (κ2) is 7.45. The van der Waals surface area contributed by atoms with E-state index in [9.17, 15) is 10.1 Å². The Morgan fingerprint density at radius 1 is 1.30 bits per heavy atom. The van der Waals surface area contributed by atoms with Gasteiger partial charge in [-0.1, -0.05) is 12.8 Å². The van der Waals surface area contributed by atoms with Crippen molar-refractivity contribution in [3.8, 4) is 6.07 Å². The van der Waals surface area contributed by atoms with Gasteiger partial charge in [-0.3, -0.25) is 4.79 Å². The Balaban J connectivity index is 1.48. The fourth-order valence-corrected chi connectivity index (χ4v) is 3.74. The Hall–Kier alpha value is -2.09. The van der Waals surface area contributed by atoms with Gasteiger partial charge in [-0.25, -0.2) is 4.98 Å². The molecule has 1 aliphatic heterocycles. The maximum absolute atomic E-state index is 12.1. The number of aromatic nitrogens is 1. The number of nitriles is 1. The van der Waals surface area contributed by atoms with Crippen molar-refractivity contribution in [1.82, 2.24) is 10.3 Å². The van der Waals surface area contributed by atoms with Gasteiger partial charge in [0.25, 0.3) is 0 Å². The van der Waals surface area contributed by atoms with Gasteiger partial charge in [0.05, 0.1) is 5.56 Å². The summed E-state index contributed by atoms with van der Waals surface area (Å²) in [6.07, 6.45) is 9.23. The minimum atomic E-state index is 0.214. The standard InChI is InChI=1S/C18H24N4O/c19-13-15-6-3-9-20-18(15)22-10-7-16(8-11-22)21-17(23)12-14-4-1-2-5-14/h3,6,9,14,16H,1-2,4-5,7-8,10-12H2,(H,21,23). The third-order valence-corrected chi connectivity index (χ3v) is 5.02. The molecule has 1 N–H and O–H groups in total. The zero-order chi connectivity index (χ0) is 16.1. The number of nitrogens with zero attached hydrogens (tertiary/aromatic N) is 3. The predicted molar refractivity (Wildman–Crippen MR) is 88.9 cm³/mol. The highest BCUT2D eigenvalue weighted by atomic mass is 16.1. The van der Waals surface area contributed by atoms with Crippen molar-refractivity contribution < 1.29 is 4.79 Å². The molecule has 1 amide bonds. The second-order valence-corrected chi connectivity index (χ2v) is 6.67. The van der Waals surface area contributed by atoms with Crippen LogP contribution in [0.2, 0.25) is 0 Å². The summed E-state index contributed by atoms with van der Waals surface area (Å²) in [5, 5.41) is 12.4. The van der Waals surface area contributed by atoms with Gasteiger partial charge in [-0.05, 0) is 43.7 Å². The monoisotopic (exact) mass is 312 g/mol. The lowest BCUT2D eigenvalue weighted by molar-refractivity contribution is -0.122. The van der Waals surface area contributed by atoms with E-state index >= 15 is 0 Å². The molecule has 0 aromatic carbocycles. The average molecular weight is 312 g/mol. The molecule has 2 aliphatic rings. The SMILES string of the molecule is N#Cc1cccnc1N1CCC(NC(=O)CC2CCCC2)CC1. The van der Waals surface area contributed by atoms with Crippen LogP contribution in [0, 0.1) is 17.2 Å². The van der Waals surface area contributed by atoms with Crippen molar-refractivity contribution in [2.75, 3.05) is 18.0 Å². The number of rotatable bonds is 4. The fourth-order valence-electron chi connectivity index (χ4n) is 3.74. The summed E-state index contributed by atoms with van der Waals surface area (Å²) >= 11 is 0. The lowest BCUT2D eigenvalue weighted by Crippen LogP contribution is -2.45. The van der Waals surface area contributed by atoms with E-state index in [1.807, 2.05) is 0 Å². The normalized spacial score (nSPS) is 19.5. The van der Waals surface area contributed by atoms with Crippen molar-refractivity contribution in [1.29, 1.82) is 5.26 Å². The van der Waals surface area contributed by atoms with Crippen LogP contribution >= 0.6 is 0 Å². The number of amides is 1. The van der Waals surface area contributed by atoms with E-state index in [4.69, 9.17) is 0 Å². The minimum absolute atomic E-state index is 0.214. The quantitative estimate of drug-likeness (QED) is 0.928. The summed E-state index contributed by atoms with van der Waals surface area (Å²) in [7, 11) is 0. The Labute approximate surface area is 137 Å². The topological polar surface area (TPSA) is 69.0 Å². The van der Waals surface area contributed by atoms with Crippen LogP contribution in [0.25, 0.3) is 0 Å². The molecule has 0 unspecified atom stereocenters. The van der Waals surface area contributed by atoms with Crippen molar-refractivity contribution in [2.24, 2.45) is 5.92 Å². The zero-order valence-corrected chi connectivity index (χ0v) is 13.5. The lowest BCUT2D eigenvalue weighted by atomic mass is 10.0. The molecule has 5 nitrogen and oxygen atoms in total. The molecule has 0 bridgehead atoms. The van der Waals surface area contributed by atoms with Crippen LogP contribution in [-0.4, -0.2) is 30.0 Å². The summed E-state index contributed by atoms with van der Waals surface area (Å²) in [4.78, 5) is 18.6. The predicted octanol–water partition coefficient (Wildman–Crippen LogP) is 2.62. The second-order valence-electron chi connectivity index (χ2n) is 6.67. The van der Waals surface area contributed by atoms with Gasteiger partial charge in [-0.15, -0.1) is 0 Å². The van der Waals surface area contributed by atoms with E-state index in [0.717, 1.165) is 31.7 Å². The van der Waals surface area contributed by atoms with E-state index < -0.39 is 0 Å². The number of piperidine rings is 1. The minimum Gasteiger partial charge on any atom is -0.355 e. The maximum Gasteiger partial charge on any atom is 0.220 e. The lowest BCUT2D eigenvalue weighted by Gasteiger charge is -2.33. The molecular weight excluding hydrogens is 288 g/mol. The van der Waals surface area contributed by atoms with Crippen molar-refractivity contribution in [2.45, 2.75) is 51.0 Å². The molecule has 23 heavy (non-hydrogen) atoms. The highest BCUT2D eigenvalue weighted by Crippen LogP contribution is 2.27. The van der Waals surface area contributed by atoms with E-state index in [2.05, 4.69) is 21.3 Å². The van der Waals surface area contributed by atoms with E-state index in [1.165, 1.54) is 25.7 Å². The van der Waals surface area contributed by atoms with Gasteiger partial charge in [0.1, 0.15) is 11.9 Å². The van der Waals surface area contributed by atoms with Gasteiger partial charge >= 0.3 is 0 Å². The van der Waals surface area contributed by atoms with Crippen molar-refractivity contribution >= 4 is 11.7 Å². The van der Waals surface area contributed by atoms with Crippen LogP contribution in [-0.2, 0) is 4.79 Å². The molecule has 2 fully saturated rings. The first-order chi connectivity index (χ1) is 11.3. The van der Waals surface area contributed by atoms with Gasteiger partial charge in [0.15, 0.2) is 0 Å². The highest BCUT2D eigenvalue weighted by molar-refractivity contribution is 5.76. The average Bonchev–Trinajstić information content (AvgIpc) is 3.08. The number of nitrogens with one attached hydrogen (secondary N) is 1. The summed E-state index contributed by atoms with van der Waals surface area (Å²) in [5.41, 5.74) is 0.621. The Kier molecular flexibility index (Phi) is 5.12. The Morgan fingerprint density at radius 2 is 2.04 bits per heavy atom. The van der Waals surface area contributed by atoms with E-state index in [0.29, 0.717) is 17.9 Å². The Bertz CT molecular complexity index is 581. The van der Waals surface area contributed by atoms with Crippen LogP contribution in [0.5, 0.6) is 0 Å². The summed E-state index contributed by atoms with van der Waals surface area (Å²) in [6.45, 7) is 1.67. The number of pyridine rings is 1. The van der Waals surface area contributed by atoms with Gasteiger partial charge < -0.3 is 10.2 Å². The molecule has 1 saturated carbocycles. The van der Waals surface area contributed by atoms with Crippen molar-refractivity contribution in [3.63, 3.8) is 0 Å². The number of anilines is 1. The van der Waals surface area contributed by atoms with Gasteiger partial charge in [0, 0.05) is 31.7 Å². The largest absolute Gasteiger partial charge is 0.355 e. The molecule has 122 valence electrons. The Morgan fingerprint density at radius 3 is 2.74 bits per heavy atom. The molecule has 3 rings (SSSR count). The number of hydrogen-bond donors (Lipinski definition) is 1. The van der Waals surface area contributed by atoms with Crippen LogP contribution in [0.1, 0.15) is 50.5 Å². The van der Waals surface area contributed by atoms with Crippen LogP contribution in [0.15, 0.2) is 18.3 Å². The fraction of sp³-hybridized carbons (Fsp3) is 0.611. The first kappa shape index (κ1) is 15.8. The smallest absolute Gasteiger partial charge is 0.220 e. The highest BCUT2D eigenvalue weighted by Gasteiger charge is 2.24. The first-order valence-electron chi connectivity index (χ1n) is 8.65. The van der Waals surface area contributed by atoms with Crippen molar-refractivity contribution in [3.05, 3.63) is 23.9 Å². The zero-order valence-electron chi connectivity index (χ0n) is 13.5. The number of carbonyl (C=O) groups excluding carboxylic acids is 1. The van der Waals surface area contributed by atoms with E-state index in [-0.39, 0.29) is 11.9 Å². The maximum atomic E-state index is 12.1. The van der Waals surface area contributed by atoms with E-state index in [1.54, 1.807) is 18.3 Å². The molecule has 0 atom stereocenters. The molecule has 5 heteroatoms. The van der Waals surface area contributed by atoms with Gasteiger partial charge in [-0.2, -0.15) is 5.26 Å². The van der Waals surface area contributed by atoms with Gasteiger partial charge in [0.2, 0.25) is 5.91 Å². The molecule has 0 spiro atoms. The summed E-state index contributed by atoms with van der Waals surface area (Å²) in [5.74, 6) is 1.58. The summed E-state index contributed by atoms with van der Waals surface area (Å²) in [6, 6.07) is 6.05. The van der Waals surface area contributed by atoms with Crippen LogP contribution < -0.4 is 10.2 Å². The molecular formula is C18H24N4O. The molecule has 1 saturated heterocycles. The number of carbonyl (C=O) groups is 1. The summed E-state index contributed by atoms with van der Waals surface area (Å²) < 4.78 is 0. The molecule has 0 radical (unpaired) electrons. The third-order valence-electron chi connectivity index (χ3n) is 5.02.